The van der Waals surface area contributed by atoms with Crippen LogP contribution in [0.3, 0.4) is 0 Å². The normalized spacial score (nSPS) is 33.0. The third kappa shape index (κ3) is 2.54. The molecule has 0 aromatic carbocycles. The molecule has 2 aliphatic rings. The Morgan fingerprint density at radius 1 is 1.47 bits per heavy atom. The van der Waals surface area contributed by atoms with E-state index in [0.717, 1.165) is 17.8 Å². The van der Waals surface area contributed by atoms with Crippen molar-refractivity contribution in [3.05, 3.63) is 12.2 Å². The highest BCUT2D eigenvalue weighted by Crippen LogP contribution is 2.44. The van der Waals surface area contributed by atoms with Gasteiger partial charge in [-0.15, -0.1) is 0 Å². The molecule has 2 bridgehead atoms. The van der Waals surface area contributed by atoms with Gasteiger partial charge in [0.2, 0.25) is 5.91 Å². The molecule has 0 aliphatic heterocycles. The second-order valence-corrected chi connectivity index (χ2v) is 6.36. The first-order valence-corrected chi connectivity index (χ1v) is 6.62. The lowest BCUT2D eigenvalue weighted by molar-refractivity contribution is -0.125. The lowest BCUT2D eigenvalue weighted by Gasteiger charge is -2.30. The van der Waals surface area contributed by atoms with Crippen LogP contribution in [-0.4, -0.2) is 18.5 Å². The van der Waals surface area contributed by atoms with Gasteiger partial charge in [0.1, 0.15) is 0 Å². The number of rotatable bonds is 5. The summed E-state index contributed by atoms with van der Waals surface area (Å²) in [6.45, 7) is 6.70. The van der Waals surface area contributed by atoms with Crippen molar-refractivity contribution >= 4 is 5.91 Å². The van der Waals surface area contributed by atoms with Gasteiger partial charge in [-0.2, -0.15) is 0 Å². The number of nitrogens with one attached hydrogen (secondary N) is 1. The molecule has 1 amide bonds. The highest BCUT2D eigenvalue weighted by Gasteiger charge is 2.38. The van der Waals surface area contributed by atoms with E-state index in [1.54, 1.807) is 0 Å². The van der Waals surface area contributed by atoms with Crippen LogP contribution < -0.4 is 11.1 Å². The zero-order valence-corrected chi connectivity index (χ0v) is 11.1. The van der Waals surface area contributed by atoms with Gasteiger partial charge in [-0.1, -0.05) is 12.2 Å². The van der Waals surface area contributed by atoms with E-state index in [1.165, 1.54) is 12.8 Å². The SMILES string of the molecule is CC(NCC(C)(C)C(N)=O)C1CC2C=CC1C2. The van der Waals surface area contributed by atoms with Crippen LogP contribution in [0.1, 0.15) is 33.6 Å². The van der Waals surface area contributed by atoms with Gasteiger partial charge in [-0.05, 0) is 51.4 Å². The molecule has 17 heavy (non-hydrogen) atoms. The molecule has 0 heterocycles. The van der Waals surface area contributed by atoms with Gasteiger partial charge in [0.25, 0.3) is 0 Å². The van der Waals surface area contributed by atoms with Gasteiger partial charge in [0.15, 0.2) is 0 Å². The van der Waals surface area contributed by atoms with Crippen molar-refractivity contribution in [1.82, 2.24) is 5.32 Å². The number of hydrogen-bond donors (Lipinski definition) is 2. The van der Waals surface area contributed by atoms with Crippen molar-refractivity contribution < 1.29 is 4.79 Å². The average Bonchev–Trinajstić information content (AvgIpc) is 2.87. The summed E-state index contributed by atoms with van der Waals surface area (Å²) in [5, 5.41) is 3.50. The highest BCUT2D eigenvalue weighted by atomic mass is 16.1. The van der Waals surface area contributed by atoms with Gasteiger partial charge in [0.05, 0.1) is 5.41 Å². The zero-order chi connectivity index (χ0) is 12.6. The predicted octanol–water partition coefficient (Wildman–Crippen LogP) is 1.69. The molecule has 4 unspecified atom stereocenters. The minimum atomic E-state index is -0.457. The molecular formula is C14H24N2O. The topological polar surface area (TPSA) is 55.1 Å². The van der Waals surface area contributed by atoms with E-state index in [1.807, 2.05) is 13.8 Å². The molecule has 3 heteroatoms. The van der Waals surface area contributed by atoms with Gasteiger partial charge < -0.3 is 11.1 Å². The number of carbonyl (C=O) groups is 1. The van der Waals surface area contributed by atoms with E-state index in [4.69, 9.17) is 5.73 Å². The molecular weight excluding hydrogens is 212 g/mol. The van der Waals surface area contributed by atoms with Crippen LogP contribution in [0.2, 0.25) is 0 Å². The average molecular weight is 236 g/mol. The molecule has 0 aromatic rings. The first kappa shape index (κ1) is 12.6. The Morgan fingerprint density at radius 2 is 2.18 bits per heavy atom. The molecule has 96 valence electrons. The number of hydrogen-bond acceptors (Lipinski definition) is 2. The molecule has 1 fully saturated rings. The van der Waals surface area contributed by atoms with Crippen molar-refractivity contribution in [1.29, 1.82) is 0 Å². The van der Waals surface area contributed by atoms with E-state index in [-0.39, 0.29) is 5.91 Å². The molecule has 0 aromatic heterocycles. The number of amides is 1. The van der Waals surface area contributed by atoms with Crippen LogP contribution in [0.4, 0.5) is 0 Å². The van der Waals surface area contributed by atoms with Gasteiger partial charge in [-0.25, -0.2) is 0 Å². The number of carbonyl (C=O) groups excluding carboxylic acids is 1. The fourth-order valence-electron chi connectivity index (χ4n) is 3.05. The molecule has 2 aliphatic carbocycles. The van der Waals surface area contributed by atoms with Crippen LogP contribution in [-0.2, 0) is 4.79 Å². The Labute approximate surface area is 104 Å². The fraction of sp³-hybridized carbons (Fsp3) is 0.786. The molecule has 0 spiro atoms. The van der Waals surface area contributed by atoms with Crippen molar-refractivity contribution in [2.75, 3.05) is 6.54 Å². The lowest BCUT2D eigenvalue weighted by Crippen LogP contribution is -2.45. The number of allylic oxidation sites excluding steroid dienone is 2. The van der Waals surface area contributed by atoms with Crippen LogP contribution in [0.25, 0.3) is 0 Å². The Bertz CT molecular complexity index is 335. The van der Waals surface area contributed by atoms with Gasteiger partial charge >= 0.3 is 0 Å². The third-order valence-corrected chi connectivity index (χ3v) is 4.51. The highest BCUT2D eigenvalue weighted by molar-refractivity contribution is 5.80. The summed E-state index contributed by atoms with van der Waals surface area (Å²) in [6, 6.07) is 0.466. The van der Waals surface area contributed by atoms with Crippen LogP contribution in [0.5, 0.6) is 0 Å². The summed E-state index contributed by atoms with van der Waals surface area (Å²) in [7, 11) is 0. The first-order valence-electron chi connectivity index (χ1n) is 6.62. The summed E-state index contributed by atoms with van der Waals surface area (Å²) in [4.78, 5) is 11.3. The zero-order valence-electron chi connectivity index (χ0n) is 11.1. The molecule has 3 N–H and O–H groups in total. The Kier molecular flexibility index (Phi) is 3.30. The lowest BCUT2D eigenvalue weighted by atomic mass is 9.86. The number of primary amides is 1. The predicted molar refractivity (Wildman–Crippen MR) is 69.3 cm³/mol. The van der Waals surface area contributed by atoms with E-state index >= 15 is 0 Å². The molecule has 0 radical (unpaired) electrons. The number of fused-ring (bicyclic) bond motifs is 2. The van der Waals surface area contributed by atoms with Crippen LogP contribution in [0, 0.1) is 23.2 Å². The van der Waals surface area contributed by atoms with Crippen molar-refractivity contribution in [2.45, 2.75) is 39.7 Å². The van der Waals surface area contributed by atoms with Crippen molar-refractivity contribution in [3.8, 4) is 0 Å². The summed E-state index contributed by atoms with van der Waals surface area (Å²) >= 11 is 0. The summed E-state index contributed by atoms with van der Waals surface area (Å²) in [6.07, 6.45) is 7.36. The van der Waals surface area contributed by atoms with Crippen molar-refractivity contribution in [2.24, 2.45) is 28.9 Å². The maximum atomic E-state index is 11.3. The Balaban J connectivity index is 1.84. The molecule has 2 rings (SSSR count). The number of nitrogens with two attached hydrogens (primary N) is 1. The maximum absolute atomic E-state index is 11.3. The summed E-state index contributed by atoms with van der Waals surface area (Å²) < 4.78 is 0. The van der Waals surface area contributed by atoms with Crippen LogP contribution >= 0.6 is 0 Å². The minimum Gasteiger partial charge on any atom is -0.369 e. The van der Waals surface area contributed by atoms with Crippen LogP contribution in [0.15, 0.2) is 12.2 Å². The molecule has 3 nitrogen and oxygen atoms in total. The standard InChI is InChI=1S/C14H24N2O/c1-9(16-8-14(2,3)13(15)17)12-7-10-4-5-11(12)6-10/h4-5,9-12,16H,6-8H2,1-3H3,(H2,15,17). The summed E-state index contributed by atoms with van der Waals surface area (Å²) in [5.74, 6) is 2.05. The second-order valence-electron chi connectivity index (χ2n) is 6.36. The maximum Gasteiger partial charge on any atom is 0.224 e. The van der Waals surface area contributed by atoms with E-state index in [9.17, 15) is 4.79 Å². The van der Waals surface area contributed by atoms with E-state index in [2.05, 4.69) is 24.4 Å². The van der Waals surface area contributed by atoms with E-state index in [0.29, 0.717) is 12.6 Å². The molecule has 4 atom stereocenters. The fourth-order valence-corrected chi connectivity index (χ4v) is 3.05. The smallest absolute Gasteiger partial charge is 0.224 e. The Hall–Kier alpha value is -0.830. The molecule has 1 saturated carbocycles. The van der Waals surface area contributed by atoms with Crippen molar-refractivity contribution in [3.63, 3.8) is 0 Å². The van der Waals surface area contributed by atoms with E-state index < -0.39 is 5.41 Å². The molecule has 0 saturated heterocycles. The summed E-state index contributed by atoms with van der Waals surface area (Å²) in [5.41, 5.74) is 4.92. The third-order valence-electron chi connectivity index (χ3n) is 4.51. The minimum absolute atomic E-state index is 0.231. The van der Waals surface area contributed by atoms with Gasteiger partial charge in [0, 0.05) is 12.6 Å². The first-order chi connectivity index (χ1) is 7.90. The van der Waals surface area contributed by atoms with Gasteiger partial charge in [-0.3, -0.25) is 4.79 Å². The second kappa shape index (κ2) is 4.45. The quantitative estimate of drug-likeness (QED) is 0.714. The Morgan fingerprint density at radius 3 is 2.65 bits per heavy atom. The monoisotopic (exact) mass is 236 g/mol. The largest absolute Gasteiger partial charge is 0.369 e.